The van der Waals surface area contributed by atoms with Gasteiger partial charge in [-0.05, 0) is 24.3 Å². The van der Waals surface area contributed by atoms with Crippen molar-refractivity contribution in [3.05, 3.63) is 54.0 Å². The summed E-state index contributed by atoms with van der Waals surface area (Å²) < 4.78 is 57.1. The maximum absolute atomic E-state index is 13.7. The van der Waals surface area contributed by atoms with E-state index in [2.05, 4.69) is 9.97 Å². The molecule has 2 aromatic heterocycles. The molecule has 0 spiro atoms. The van der Waals surface area contributed by atoms with Gasteiger partial charge in [0.15, 0.2) is 0 Å². The van der Waals surface area contributed by atoms with Crippen LogP contribution in [0.2, 0.25) is 0 Å². The maximum Gasteiger partial charge on any atom is 0.406 e. The molecule has 3 aromatic rings. The third-order valence-electron chi connectivity index (χ3n) is 3.30. The van der Waals surface area contributed by atoms with Gasteiger partial charge in [-0.15, -0.1) is 0 Å². The second kappa shape index (κ2) is 5.99. The van der Waals surface area contributed by atoms with Crippen molar-refractivity contribution in [2.75, 3.05) is 6.54 Å². The molecule has 24 heavy (non-hydrogen) atoms. The highest BCUT2D eigenvalue weighted by atomic mass is 19.4. The number of hydrogen-bond acceptors (Lipinski definition) is 3. The number of H-pyrrole nitrogens is 1. The molecule has 3 rings (SSSR count). The summed E-state index contributed by atoms with van der Waals surface area (Å²) in [5, 5.41) is 0. The first-order valence-electron chi connectivity index (χ1n) is 6.84. The lowest BCUT2D eigenvalue weighted by molar-refractivity contribution is -0.142. The second-order valence-electron chi connectivity index (χ2n) is 5.11. The number of aromatic amines is 1. The highest BCUT2D eigenvalue weighted by Crippen LogP contribution is 2.23. The van der Waals surface area contributed by atoms with E-state index >= 15 is 0 Å². The Morgan fingerprint density at radius 2 is 2.12 bits per heavy atom. The molecule has 0 bridgehead atoms. The number of hydrogen-bond donors (Lipinski definition) is 1. The molecule has 0 unspecified atom stereocenters. The van der Waals surface area contributed by atoms with Crippen LogP contribution in [0.25, 0.3) is 11.0 Å². The molecular weight excluding hydrogens is 330 g/mol. The highest BCUT2D eigenvalue weighted by Gasteiger charge is 2.34. The Morgan fingerprint density at radius 1 is 1.33 bits per heavy atom. The fourth-order valence-electron chi connectivity index (χ4n) is 2.35. The summed E-state index contributed by atoms with van der Waals surface area (Å²) in [6, 6.07) is 4.93. The van der Waals surface area contributed by atoms with Gasteiger partial charge in [-0.25, -0.2) is 9.37 Å². The summed E-state index contributed by atoms with van der Waals surface area (Å²) in [5.41, 5.74) is 0.0818. The highest BCUT2D eigenvalue weighted by molar-refractivity contribution is 6.04. The van der Waals surface area contributed by atoms with E-state index in [1.54, 1.807) is 0 Å². The summed E-state index contributed by atoms with van der Waals surface area (Å²) >= 11 is 0. The van der Waals surface area contributed by atoms with E-state index < -0.39 is 31.0 Å². The number of carbonyl (C=O) groups excluding carboxylic acids is 1. The molecule has 0 aliphatic heterocycles. The Kier molecular flexibility index (Phi) is 4.00. The van der Waals surface area contributed by atoms with E-state index in [1.165, 1.54) is 24.7 Å². The maximum atomic E-state index is 13.7. The molecule has 0 saturated heterocycles. The number of furan rings is 1. The SMILES string of the molecule is O=C(c1cc(F)cc2[nH]cnc12)N(Cc1ccco1)CC(F)(F)F. The zero-order chi connectivity index (χ0) is 17.3. The van der Waals surface area contributed by atoms with E-state index in [4.69, 9.17) is 4.42 Å². The van der Waals surface area contributed by atoms with Crippen LogP contribution < -0.4 is 0 Å². The zero-order valence-corrected chi connectivity index (χ0v) is 12.1. The smallest absolute Gasteiger partial charge is 0.406 e. The summed E-state index contributed by atoms with van der Waals surface area (Å²) in [7, 11) is 0. The fourth-order valence-corrected chi connectivity index (χ4v) is 2.35. The average Bonchev–Trinajstić information content (AvgIpc) is 3.14. The normalized spacial score (nSPS) is 11.8. The fraction of sp³-hybridized carbons (Fsp3) is 0.200. The van der Waals surface area contributed by atoms with Crippen molar-refractivity contribution in [2.45, 2.75) is 12.7 Å². The molecule has 126 valence electrons. The minimum Gasteiger partial charge on any atom is -0.467 e. The van der Waals surface area contributed by atoms with Crippen molar-refractivity contribution >= 4 is 16.9 Å². The number of nitrogens with one attached hydrogen (secondary N) is 1. The average molecular weight is 341 g/mol. The van der Waals surface area contributed by atoms with Gasteiger partial charge in [0.1, 0.15) is 23.6 Å². The lowest BCUT2D eigenvalue weighted by Gasteiger charge is -2.23. The quantitative estimate of drug-likeness (QED) is 0.739. The number of rotatable bonds is 4. The number of carbonyl (C=O) groups is 1. The van der Waals surface area contributed by atoms with E-state index in [0.29, 0.717) is 4.90 Å². The van der Waals surface area contributed by atoms with Crippen LogP contribution in [-0.2, 0) is 6.54 Å². The van der Waals surface area contributed by atoms with E-state index in [1.807, 2.05) is 0 Å². The molecule has 2 heterocycles. The largest absolute Gasteiger partial charge is 0.467 e. The molecule has 0 fully saturated rings. The standard InChI is InChI=1S/C15H11F4N3O2/c16-9-4-11(13-12(5-9)20-8-21-13)14(23)22(7-15(17,18)19)6-10-2-1-3-24-10/h1-5,8H,6-7H2,(H,20,21). The van der Waals surface area contributed by atoms with Gasteiger partial charge in [-0.1, -0.05) is 0 Å². The van der Waals surface area contributed by atoms with Crippen molar-refractivity contribution in [3.63, 3.8) is 0 Å². The Morgan fingerprint density at radius 3 is 2.79 bits per heavy atom. The molecule has 5 nitrogen and oxygen atoms in total. The Balaban J connectivity index is 1.99. The van der Waals surface area contributed by atoms with Crippen LogP contribution in [0.3, 0.4) is 0 Å². The van der Waals surface area contributed by atoms with Crippen molar-refractivity contribution in [3.8, 4) is 0 Å². The van der Waals surface area contributed by atoms with Crippen molar-refractivity contribution in [2.24, 2.45) is 0 Å². The molecule has 1 N–H and O–H groups in total. The number of alkyl halides is 3. The minimum absolute atomic E-state index is 0.105. The Labute approximate surface area is 132 Å². The Hall–Kier alpha value is -2.84. The van der Waals surface area contributed by atoms with Gasteiger partial charge in [0.25, 0.3) is 5.91 Å². The number of aromatic nitrogens is 2. The van der Waals surface area contributed by atoms with E-state index in [-0.39, 0.29) is 22.4 Å². The summed E-state index contributed by atoms with van der Waals surface area (Å²) in [6.07, 6.45) is -2.08. The van der Waals surface area contributed by atoms with Gasteiger partial charge in [-0.2, -0.15) is 13.2 Å². The molecule has 0 radical (unpaired) electrons. The molecular formula is C15H11F4N3O2. The molecule has 1 amide bonds. The van der Waals surface area contributed by atoms with E-state index in [0.717, 1.165) is 12.1 Å². The van der Waals surface area contributed by atoms with Crippen molar-refractivity contribution < 1.29 is 26.8 Å². The molecule has 1 aromatic carbocycles. The molecule has 0 saturated carbocycles. The van der Waals surface area contributed by atoms with Gasteiger partial charge in [0, 0.05) is 0 Å². The van der Waals surface area contributed by atoms with Crippen LogP contribution in [0.4, 0.5) is 17.6 Å². The first-order chi connectivity index (χ1) is 11.3. The Bertz CT molecular complexity index is 855. The first kappa shape index (κ1) is 16.0. The molecule has 0 atom stereocenters. The predicted molar refractivity (Wildman–Crippen MR) is 75.6 cm³/mol. The number of imidazole rings is 1. The molecule has 9 heteroatoms. The molecule has 0 aliphatic rings. The van der Waals surface area contributed by atoms with Crippen LogP contribution in [0.15, 0.2) is 41.3 Å². The van der Waals surface area contributed by atoms with Gasteiger partial charge < -0.3 is 14.3 Å². The summed E-state index contributed by atoms with van der Waals surface area (Å²) in [4.78, 5) is 19.6. The summed E-state index contributed by atoms with van der Waals surface area (Å²) in [6.45, 7) is -1.89. The number of halogens is 4. The van der Waals surface area contributed by atoms with Crippen molar-refractivity contribution in [1.29, 1.82) is 0 Å². The van der Waals surface area contributed by atoms with Crippen LogP contribution in [0, 0.1) is 5.82 Å². The topological polar surface area (TPSA) is 62.1 Å². The predicted octanol–water partition coefficient (Wildman–Crippen LogP) is 3.50. The van der Waals surface area contributed by atoms with Crippen LogP contribution in [0.1, 0.15) is 16.1 Å². The third-order valence-corrected chi connectivity index (χ3v) is 3.30. The lowest BCUT2D eigenvalue weighted by Crippen LogP contribution is -2.38. The monoisotopic (exact) mass is 341 g/mol. The van der Waals surface area contributed by atoms with Gasteiger partial charge in [0.2, 0.25) is 0 Å². The minimum atomic E-state index is -4.61. The number of amides is 1. The van der Waals surface area contributed by atoms with Crippen LogP contribution in [0.5, 0.6) is 0 Å². The molecule has 0 aliphatic carbocycles. The summed E-state index contributed by atoms with van der Waals surface area (Å²) in [5.74, 6) is -1.55. The first-order valence-corrected chi connectivity index (χ1v) is 6.84. The number of fused-ring (bicyclic) bond motifs is 1. The zero-order valence-electron chi connectivity index (χ0n) is 12.1. The van der Waals surface area contributed by atoms with Gasteiger partial charge in [-0.3, -0.25) is 4.79 Å². The van der Waals surface area contributed by atoms with Crippen molar-refractivity contribution in [1.82, 2.24) is 14.9 Å². The lowest BCUT2D eigenvalue weighted by atomic mass is 10.1. The van der Waals surface area contributed by atoms with E-state index in [9.17, 15) is 22.4 Å². The van der Waals surface area contributed by atoms with Gasteiger partial charge in [0.05, 0.1) is 30.2 Å². The third kappa shape index (κ3) is 3.39. The number of nitrogens with zero attached hydrogens (tertiary/aromatic N) is 2. The second-order valence-corrected chi connectivity index (χ2v) is 5.11. The van der Waals surface area contributed by atoms with Gasteiger partial charge >= 0.3 is 6.18 Å². The number of benzene rings is 1. The van der Waals surface area contributed by atoms with Crippen LogP contribution in [-0.4, -0.2) is 33.5 Å². The van der Waals surface area contributed by atoms with Crippen LogP contribution >= 0.6 is 0 Å².